The van der Waals surface area contributed by atoms with Crippen molar-refractivity contribution in [2.45, 2.75) is 52.6 Å². The van der Waals surface area contributed by atoms with Gasteiger partial charge in [0, 0.05) is 25.6 Å². The zero-order chi connectivity index (χ0) is 12.0. The maximum Gasteiger partial charge on any atom is 0.224 e. The topological polar surface area (TPSA) is 68.8 Å². The lowest BCUT2D eigenvalue weighted by Gasteiger charge is -2.11. The Labute approximate surface area is 97.4 Å². The lowest BCUT2D eigenvalue weighted by Crippen LogP contribution is -2.24. The van der Waals surface area contributed by atoms with Crippen molar-refractivity contribution < 1.29 is 0 Å². The van der Waals surface area contributed by atoms with E-state index in [1.54, 1.807) is 0 Å². The minimum absolute atomic E-state index is 0.189. The van der Waals surface area contributed by atoms with E-state index < -0.39 is 0 Å². The Morgan fingerprint density at radius 3 is 2.62 bits per heavy atom. The van der Waals surface area contributed by atoms with Crippen LogP contribution in [-0.4, -0.2) is 27.4 Å². The van der Waals surface area contributed by atoms with E-state index in [2.05, 4.69) is 40.9 Å². The van der Waals surface area contributed by atoms with Gasteiger partial charge in [-0.25, -0.2) is 0 Å². The molecule has 1 aromatic heterocycles. The predicted molar refractivity (Wildman–Crippen MR) is 66.4 cm³/mol. The first-order valence-electron chi connectivity index (χ1n) is 6.14. The van der Waals surface area contributed by atoms with E-state index in [0.717, 1.165) is 44.1 Å². The van der Waals surface area contributed by atoms with Gasteiger partial charge in [-0.3, -0.25) is 4.57 Å². The Morgan fingerprint density at radius 2 is 2.06 bits per heavy atom. The van der Waals surface area contributed by atoms with Crippen LogP contribution >= 0.6 is 0 Å². The Balaban J connectivity index is 2.71. The summed E-state index contributed by atoms with van der Waals surface area (Å²) in [5.74, 6) is 1.84. The average Bonchev–Trinajstić information content (AvgIpc) is 2.61. The zero-order valence-corrected chi connectivity index (χ0v) is 10.5. The molecule has 1 aromatic rings. The van der Waals surface area contributed by atoms with Gasteiger partial charge in [0.1, 0.15) is 5.82 Å². The van der Waals surface area contributed by atoms with E-state index in [4.69, 9.17) is 5.73 Å². The first-order chi connectivity index (χ1) is 7.72. The molecule has 1 heterocycles. The fourth-order valence-corrected chi connectivity index (χ4v) is 1.81. The van der Waals surface area contributed by atoms with Crippen LogP contribution in [0.1, 0.15) is 39.4 Å². The second-order valence-electron chi connectivity index (χ2n) is 3.97. The highest BCUT2D eigenvalue weighted by molar-refractivity contribution is 5.25. The van der Waals surface area contributed by atoms with Crippen molar-refractivity contribution in [2.75, 3.05) is 11.9 Å². The molecular formula is C11H23N5. The van der Waals surface area contributed by atoms with Gasteiger partial charge in [-0.05, 0) is 20.3 Å². The SMILES string of the molecule is CCCC(N)Cc1nnc(NCC)n1CC. The van der Waals surface area contributed by atoms with Gasteiger partial charge in [-0.2, -0.15) is 0 Å². The summed E-state index contributed by atoms with van der Waals surface area (Å²) < 4.78 is 2.10. The van der Waals surface area contributed by atoms with Crippen LogP contribution in [0.25, 0.3) is 0 Å². The molecule has 16 heavy (non-hydrogen) atoms. The van der Waals surface area contributed by atoms with E-state index in [1.165, 1.54) is 0 Å². The minimum atomic E-state index is 0.189. The average molecular weight is 225 g/mol. The Morgan fingerprint density at radius 1 is 1.31 bits per heavy atom. The molecule has 1 rings (SSSR count). The maximum atomic E-state index is 6.02. The van der Waals surface area contributed by atoms with Crippen molar-refractivity contribution in [1.29, 1.82) is 0 Å². The standard InChI is InChI=1S/C11H23N5/c1-4-7-9(12)8-10-14-15-11(13-5-2)16(10)6-3/h9H,4-8,12H2,1-3H3,(H,13,15). The number of rotatable bonds is 7. The first-order valence-corrected chi connectivity index (χ1v) is 6.14. The summed E-state index contributed by atoms with van der Waals surface area (Å²) in [5.41, 5.74) is 6.02. The number of aromatic nitrogens is 3. The van der Waals surface area contributed by atoms with Gasteiger partial charge in [0.05, 0.1) is 0 Å². The summed E-state index contributed by atoms with van der Waals surface area (Å²) in [6, 6.07) is 0.189. The lowest BCUT2D eigenvalue weighted by molar-refractivity contribution is 0.563. The second-order valence-corrected chi connectivity index (χ2v) is 3.97. The molecule has 0 aliphatic rings. The minimum Gasteiger partial charge on any atom is -0.355 e. The number of hydrogen-bond donors (Lipinski definition) is 2. The normalized spacial score (nSPS) is 12.8. The second kappa shape index (κ2) is 6.48. The van der Waals surface area contributed by atoms with Crippen molar-refractivity contribution in [1.82, 2.24) is 14.8 Å². The summed E-state index contributed by atoms with van der Waals surface area (Å²) >= 11 is 0. The van der Waals surface area contributed by atoms with Crippen molar-refractivity contribution in [3.63, 3.8) is 0 Å². The summed E-state index contributed by atoms with van der Waals surface area (Å²) in [6.45, 7) is 8.04. The van der Waals surface area contributed by atoms with E-state index >= 15 is 0 Å². The number of nitrogens with one attached hydrogen (secondary N) is 1. The van der Waals surface area contributed by atoms with Gasteiger partial charge in [0.25, 0.3) is 0 Å². The van der Waals surface area contributed by atoms with E-state index in [-0.39, 0.29) is 6.04 Å². The van der Waals surface area contributed by atoms with Crippen molar-refractivity contribution >= 4 is 5.95 Å². The van der Waals surface area contributed by atoms with Crippen molar-refractivity contribution in [2.24, 2.45) is 5.73 Å². The highest BCUT2D eigenvalue weighted by Crippen LogP contribution is 2.10. The number of anilines is 1. The molecule has 0 saturated heterocycles. The molecule has 5 nitrogen and oxygen atoms in total. The van der Waals surface area contributed by atoms with Gasteiger partial charge in [-0.1, -0.05) is 13.3 Å². The summed E-state index contributed by atoms with van der Waals surface area (Å²) in [5, 5.41) is 11.5. The molecule has 0 aliphatic heterocycles. The molecule has 0 bridgehead atoms. The molecule has 0 saturated carbocycles. The third kappa shape index (κ3) is 3.20. The first kappa shape index (κ1) is 13.0. The van der Waals surface area contributed by atoms with E-state index in [0.29, 0.717) is 0 Å². The van der Waals surface area contributed by atoms with Gasteiger partial charge >= 0.3 is 0 Å². The highest BCUT2D eigenvalue weighted by Gasteiger charge is 2.12. The number of nitrogens with zero attached hydrogens (tertiary/aromatic N) is 3. The van der Waals surface area contributed by atoms with Crippen molar-refractivity contribution in [3.05, 3.63) is 5.82 Å². The summed E-state index contributed by atoms with van der Waals surface area (Å²) in [4.78, 5) is 0. The van der Waals surface area contributed by atoms with Gasteiger partial charge in [0.2, 0.25) is 5.95 Å². The van der Waals surface area contributed by atoms with E-state index in [1.807, 2.05) is 0 Å². The fraction of sp³-hybridized carbons (Fsp3) is 0.818. The van der Waals surface area contributed by atoms with Crippen LogP contribution in [0.2, 0.25) is 0 Å². The fourth-order valence-electron chi connectivity index (χ4n) is 1.81. The van der Waals surface area contributed by atoms with Crippen LogP contribution in [0.3, 0.4) is 0 Å². The number of nitrogens with two attached hydrogens (primary N) is 1. The largest absolute Gasteiger partial charge is 0.355 e. The molecule has 5 heteroatoms. The maximum absolute atomic E-state index is 6.02. The zero-order valence-electron chi connectivity index (χ0n) is 10.5. The Bertz CT molecular complexity index is 307. The molecule has 0 aromatic carbocycles. The van der Waals surface area contributed by atoms with Crippen LogP contribution in [0.5, 0.6) is 0 Å². The van der Waals surface area contributed by atoms with Gasteiger partial charge in [0.15, 0.2) is 0 Å². The van der Waals surface area contributed by atoms with Crippen LogP contribution in [0, 0.1) is 0 Å². The van der Waals surface area contributed by atoms with Gasteiger partial charge < -0.3 is 11.1 Å². The monoisotopic (exact) mass is 225 g/mol. The lowest BCUT2D eigenvalue weighted by atomic mass is 10.1. The predicted octanol–water partition coefficient (Wildman–Crippen LogP) is 1.40. The Kier molecular flexibility index (Phi) is 5.25. The number of hydrogen-bond acceptors (Lipinski definition) is 4. The molecule has 0 spiro atoms. The molecule has 1 unspecified atom stereocenters. The highest BCUT2D eigenvalue weighted by atomic mass is 15.3. The third-order valence-electron chi connectivity index (χ3n) is 2.58. The quantitative estimate of drug-likeness (QED) is 0.736. The molecule has 1 atom stereocenters. The van der Waals surface area contributed by atoms with Crippen LogP contribution in [-0.2, 0) is 13.0 Å². The van der Waals surface area contributed by atoms with Gasteiger partial charge in [-0.15, -0.1) is 10.2 Å². The molecule has 0 aliphatic carbocycles. The third-order valence-corrected chi connectivity index (χ3v) is 2.58. The summed E-state index contributed by atoms with van der Waals surface area (Å²) in [7, 11) is 0. The van der Waals surface area contributed by atoms with Crippen LogP contribution in [0.15, 0.2) is 0 Å². The molecular weight excluding hydrogens is 202 g/mol. The van der Waals surface area contributed by atoms with Crippen LogP contribution in [0.4, 0.5) is 5.95 Å². The smallest absolute Gasteiger partial charge is 0.224 e. The molecule has 0 fully saturated rings. The Hall–Kier alpha value is -1.10. The molecule has 3 N–H and O–H groups in total. The molecule has 0 radical (unpaired) electrons. The van der Waals surface area contributed by atoms with E-state index in [9.17, 15) is 0 Å². The summed E-state index contributed by atoms with van der Waals surface area (Å²) in [6.07, 6.45) is 2.95. The molecule has 92 valence electrons. The van der Waals surface area contributed by atoms with Crippen LogP contribution < -0.4 is 11.1 Å². The molecule has 0 amide bonds. The van der Waals surface area contributed by atoms with Crippen molar-refractivity contribution in [3.8, 4) is 0 Å².